The maximum atomic E-state index is 11.9. The van der Waals surface area contributed by atoms with Gasteiger partial charge in [-0.15, -0.1) is 10.2 Å². The third kappa shape index (κ3) is 4.79. The van der Waals surface area contributed by atoms with Gasteiger partial charge in [0, 0.05) is 17.2 Å². The molecule has 0 atom stereocenters. The standard InChI is InChI=1S/C16H12BrN7O3/c17-13-7-6-11(8-14(13)24(26)27)9-18-19-15(25)10-23-21-16(20-22-23)12-4-2-1-3-5-12/h1-9H,10H2,(H,19,25)/b18-9-. The number of hydrogen-bond acceptors (Lipinski definition) is 7. The number of nitro groups is 1. The van der Waals surface area contributed by atoms with Gasteiger partial charge in [0.2, 0.25) is 5.82 Å². The fourth-order valence-corrected chi connectivity index (χ4v) is 2.50. The van der Waals surface area contributed by atoms with Crippen LogP contribution in [0.2, 0.25) is 0 Å². The smallest absolute Gasteiger partial charge is 0.271 e. The van der Waals surface area contributed by atoms with Gasteiger partial charge in [0.15, 0.2) is 0 Å². The molecule has 0 aliphatic heterocycles. The minimum Gasteiger partial charge on any atom is -0.271 e. The van der Waals surface area contributed by atoms with Gasteiger partial charge in [-0.1, -0.05) is 36.4 Å². The van der Waals surface area contributed by atoms with E-state index in [1.165, 1.54) is 18.3 Å². The van der Waals surface area contributed by atoms with Crippen molar-refractivity contribution in [1.82, 2.24) is 25.6 Å². The van der Waals surface area contributed by atoms with Crippen molar-refractivity contribution >= 4 is 33.7 Å². The van der Waals surface area contributed by atoms with E-state index >= 15 is 0 Å². The fraction of sp³-hybridized carbons (Fsp3) is 0.0625. The van der Waals surface area contributed by atoms with Gasteiger partial charge in [-0.3, -0.25) is 14.9 Å². The lowest BCUT2D eigenvalue weighted by Crippen LogP contribution is -2.24. The number of carbonyl (C=O) groups excluding carboxylic acids is 1. The lowest BCUT2D eigenvalue weighted by atomic mass is 10.2. The molecule has 3 aromatic rings. The Morgan fingerprint density at radius 1 is 1.30 bits per heavy atom. The molecule has 0 radical (unpaired) electrons. The molecule has 27 heavy (non-hydrogen) atoms. The Hall–Kier alpha value is -3.47. The van der Waals surface area contributed by atoms with Crippen LogP contribution in [0.25, 0.3) is 11.4 Å². The van der Waals surface area contributed by atoms with Gasteiger partial charge in [-0.2, -0.15) is 9.90 Å². The minimum absolute atomic E-state index is 0.0921. The number of carbonyl (C=O) groups is 1. The Bertz CT molecular complexity index is 1000. The number of rotatable bonds is 6. The Labute approximate surface area is 161 Å². The maximum absolute atomic E-state index is 11.9. The number of hydrogen-bond donors (Lipinski definition) is 1. The van der Waals surface area contributed by atoms with Gasteiger partial charge in [0.1, 0.15) is 6.54 Å². The molecule has 0 fully saturated rings. The molecule has 0 unspecified atom stereocenters. The Morgan fingerprint density at radius 2 is 2.07 bits per heavy atom. The first kappa shape index (κ1) is 18.3. The average Bonchev–Trinajstić information content (AvgIpc) is 3.12. The number of nitrogens with zero attached hydrogens (tertiary/aromatic N) is 6. The summed E-state index contributed by atoms with van der Waals surface area (Å²) in [6.07, 6.45) is 1.31. The number of nitrogens with one attached hydrogen (secondary N) is 1. The van der Waals surface area contributed by atoms with Gasteiger partial charge in [-0.05, 0) is 27.2 Å². The molecule has 0 aliphatic rings. The number of hydrazone groups is 1. The van der Waals surface area contributed by atoms with Crippen LogP contribution in [0.4, 0.5) is 5.69 Å². The topological polar surface area (TPSA) is 128 Å². The van der Waals surface area contributed by atoms with Crippen molar-refractivity contribution in [2.24, 2.45) is 5.10 Å². The lowest BCUT2D eigenvalue weighted by Gasteiger charge is -1.99. The van der Waals surface area contributed by atoms with Gasteiger partial charge in [0.05, 0.1) is 15.6 Å². The number of amides is 1. The summed E-state index contributed by atoms with van der Waals surface area (Å²) < 4.78 is 0.361. The van der Waals surface area contributed by atoms with Crippen molar-refractivity contribution in [2.75, 3.05) is 0 Å². The molecule has 10 nitrogen and oxygen atoms in total. The van der Waals surface area contributed by atoms with E-state index in [1.54, 1.807) is 6.07 Å². The van der Waals surface area contributed by atoms with E-state index in [-0.39, 0.29) is 12.2 Å². The fourth-order valence-electron chi connectivity index (χ4n) is 2.11. The van der Waals surface area contributed by atoms with Crippen molar-refractivity contribution in [3.8, 4) is 11.4 Å². The molecule has 0 bridgehead atoms. The third-order valence-electron chi connectivity index (χ3n) is 3.34. The highest BCUT2D eigenvalue weighted by Crippen LogP contribution is 2.24. The zero-order valence-electron chi connectivity index (χ0n) is 13.7. The van der Waals surface area contributed by atoms with Crippen LogP contribution in [-0.4, -0.2) is 37.3 Å². The van der Waals surface area contributed by atoms with E-state index in [9.17, 15) is 14.9 Å². The zero-order valence-corrected chi connectivity index (χ0v) is 15.3. The van der Waals surface area contributed by atoms with Crippen molar-refractivity contribution in [3.05, 3.63) is 68.7 Å². The van der Waals surface area contributed by atoms with Crippen molar-refractivity contribution in [1.29, 1.82) is 0 Å². The van der Waals surface area contributed by atoms with E-state index in [0.29, 0.717) is 15.9 Å². The Morgan fingerprint density at radius 3 is 2.81 bits per heavy atom. The molecular weight excluding hydrogens is 418 g/mol. The SMILES string of the molecule is O=C(Cn1nnc(-c2ccccc2)n1)N/N=C\c1ccc(Br)c([N+](=O)[O-])c1. The summed E-state index contributed by atoms with van der Waals surface area (Å²) in [7, 11) is 0. The summed E-state index contributed by atoms with van der Waals surface area (Å²) in [5.74, 6) is -0.0519. The number of tetrazole rings is 1. The van der Waals surface area contributed by atoms with Gasteiger partial charge in [0.25, 0.3) is 11.6 Å². The third-order valence-corrected chi connectivity index (χ3v) is 4.01. The lowest BCUT2D eigenvalue weighted by molar-refractivity contribution is -0.385. The Balaban J connectivity index is 1.59. The molecule has 2 aromatic carbocycles. The van der Waals surface area contributed by atoms with Crippen LogP contribution in [0.1, 0.15) is 5.56 Å². The number of benzene rings is 2. The number of halogens is 1. The molecule has 0 saturated carbocycles. The summed E-state index contributed by atoms with van der Waals surface area (Å²) in [5, 5.41) is 26.5. The predicted octanol–water partition coefficient (Wildman–Crippen LogP) is 2.16. The molecule has 136 valence electrons. The van der Waals surface area contributed by atoms with Gasteiger partial charge < -0.3 is 0 Å². The minimum atomic E-state index is -0.513. The van der Waals surface area contributed by atoms with Crippen LogP contribution in [0, 0.1) is 10.1 Å². The van der Waals surface area contributed by atoms with Crippen LogP contribution in [-0.2, 0) is 11.3 Å². The summed E-state index contributed by atoms with van der Waals surface area (Å²) in [4.78, 5) is 23.4. The normalized spacial score (nSPS) is 10.9. The molecule has 1 N–H and O–H groups in total. The first-order valence-electron chi connectivity index (χ1n) is 7.62. The zero-order chi connectivity index (χ0) is 19.2. The second-order valence-electron chi connectivity index (χ2n) is 5.27. The first-order valence-corrected chi connectivity index (χ1v) is 8.41. The van der Waals surface area contributed by atoms with Crippen LogP contribution in [0.15, 0.2) is 58.1 Å². The van der Waals surface area contributed by atoms with Crippen molar-refractivity contribution < 1.29 is 9.72 Å². The molecule has 1 aromatic heterocycles. The van der Waals surface area contributed by atoms with E-state index < -0.39 is 10.8 Å². The molecule has 1 amide bonds. The van der Waals surface area contributed by atoms with E-state index in [0.717, 1.165) is 10.4 Å². The molecule has 0 aliphatic carbocycles. The highest BCUT2D eigenvalue weighted by Gasteiger charge is 2.12. The summed E-state index contributed by atoms with van der Waals surface area (Å²) in [6.45, 7) is -0.169. The first-order chi connectivity index (χ1) is 13.0. The summed E-state index contributed by atoms with van der Waals surface area (Å²) in [5.41, 5.74) is 3.48. The molecule has 1 heterocycles. The highest BCUT2D eigenvalue weighted by molar-refractivity contribution is 9.10. The maximum Gasteiger partial charge on any atom is 0.284 e. The summed E-state index contributed by atoms with van der Waals surface area (Å²) in [6, 6.07) is 13.7. The monoisotopic (exact) mass is 429 g/mol. The van der Waals surface area contributed by atoms with Crippen molar-refractivity contribution in [2.45, 2.75) is 6.54 Å². The average molecular weight is 430 g/mol. The Kier molecular flexibility index (Phi) is 5.61. The largest absolute Gasteiger partial charge is 0.284 e. The predicted molar refractivity (Wildman–Crippen MR) is 99.8 cm³/mol. The summed E-state index contributed by atoms with van der Waals surface area (Å²) >= 11 is 3.10. The van der Waals surface area contributed by atoms with E-state index in [1.807, 2.05) is 30.3 Å². The molecule has 11 heteroatoms. The van der Waals surface area contributed by atoms with Gasteiger partial charge >= 0.3 is 0 Å². The second kappa shape index (κ2) is 8.27. The van der Waals surface area contributed by atoms with Crippen LogP contribution in [0.3, 0.4) is 0 Å². The molecule has 0 spiro atoms. The number of aromatic nitrogens is 4. The van der Waals surface area contributed by atoms with Crippen LogP contribution >= 0.6 is 15.9 Å². The second-order valence-corrected chi connectivity index (χ2v) is 6.12. The molecular formula is C16H12BrN7O3. The van der Waals surface area contributed by atoms with E-state index in [4.69, 9.17) is 0 Å². The number of nitro benzene ring substituents is 1. The quantitative estimate of drug-likeness (QED) is 0.363. The molecule has 0 saturated heterocycles. The van der Waals surface area contributed by atoms with E-state index in [2.05, 4.69) is 41.9 Å². The van der Waals surface area contributed by atoms with Gasteiger partial charge in [-0.25, -0.2) is 5.43 Å². The highest BCUT2D eigenvalue weighted by atomic mass is 79.9. The van der Waals surface area contributed by atoms with Crippen molar-refractivity contribution in [3.63, 3.8) is 0 Å². The van der Waals surface area contributed by atoms with Crippen LogP contribution in [0.5, 0.6) is 0 Å². The molecule has 3 rings (SSSR count). The van der Waals surface area contributed by atoms with Crippen LogP contribution < -0.4 is 5.43 Å².